The van der Waals surface area contributed by atoms with E-state index in [1.807, 2.05) is 0 Å². The molecule has 2 aliphatic rings. The van der Waals surface area contributed by atoms with Crippen molar-refractivity contribution >= 4 is 33.3 Å². The highest BCUT2D eigenvalue weighted by atomic mass is 32.2. The van der Waals surface area contributed by atoms with Crippen molar-refractivity contribution in [2.24, 2.45) is 11.8 Å². The molecule has 2 aromatic rings. The molecule has 30 heavy (non-hydrogen) atoms. The van der Waals surface area contributed by atoms with Gasteiger partial charge in [-0.1, -0.05) is 36.4 Å². The van der Waals surface area contributed by atoms with Gasteiger partial charge in [-0.15, -0.1) is 0 Å². The molecule has 2 aliphatic carbocycles. The number of Topliss-reactive ketones (excluding diaryl/α,β-unsaturated/α-hetero) is 2. The Bertz CT molecular complexity index is 1220. The number of amides is 1. The summed E-state index contributed by atoms with van der Waals surface area (Å²) in [5, 5.41) is 2.57. The van der Waals surface area contributed by atoms with Gasteiger partial charge in [-0.25, -0.2) is 0 Å². The first kappa shape index (κ1) is 19.8. The van der Waals surface area contributed by atoms with E-state index in [-0.39, 0.29) is 33.5 Å². The van der Waals surface area contributed by atoms with Crippen LogP contribution in [0.15, 0.2) is 71.7 Å². The molecular weight excluding hydrogens is 406 g/mol. The van der Waals surface area contributed by atoms with E-state index in [9.17, 15) is 22.8 Å². The highest BCUT2D eigenvalue weighted by molar-refractivity contribution is 7.87. The number of hydrogen-bond donors (Lipinski definition) is 1. The Morgan fingerprint density at radius 3 is 2.20 bits per heavy atom. The first-order valence-electron chi connectivity index (χ1n) is 9.16. The third-order valence-electron chi connectivity index (χ3n) is 4.93. The Morgan fingerprint density at radius 2 is 1.57 bits per heavy atom. The van der Waals surface area contributed by atoms with Crippen molar-refractivity contribution in [1.29, 1.82) is 0 Å². The minimum absolute atomic E-state index is 0.00895. The molecule has 152 valence electrons. The molecule has 8 heteroatoms. The second kappa shape index (κ2) is 7.38. The molecule has 4 rings (SSSR count). The van der Waals surface area contributed by atoms with Crippen LogP contribution in [0.1, 0.15) is 27.6 Å². The lowest BCUT2D eigenvalue weighted by atomic mass is 9.72. The molecule has 0 aromatic heterocycles. The molecule has 7 nitrogen and oxygen atoms in total. The predicted molar refractivity (Wildman–Crippen MR) is 109 cm³/mol. The zero-order valence-corrected chi connectivity index (χ0v) is 16.7. The van der Waals surface area contributed by atoms with Crippen LogP contribution in [0.25, 0.3) is 0 Å². The molecule has 2 atom stereocenters. The summed E-state index contributed by atoms with van der Waals surface area (Å²) in [7, 11) is -4.39. The molecule has 2 aromatic carbocycles. The molecule has 0 unspecified atom stereocenters. The molecule has 0 bridgehead atoms. The van der Waals surface area contributed by atoms with E-state index >= 15 is 0 Å². The van der Waals surface area contributed by atoms with Crippen molar-refractivity contribution in [3.8, 4) is 5.75 Å². The number of rotatable bonds is 4. The standard InChI is InChI=1S/C22H17NO6S/c1-13(24)23-14-9-11-15(12-10-14)29-30(27,28)19-8-4-7-18-20(19)22(26)17-6-3-2-5-16(17)21(18)25/h2-12,16-17H,1H3,(H,23,24)/t16-,17-/m0/s1. The molecule has 0 saturated carbocycles. The van der Waals surface area contributed by atoms with Crippen LogP contribution in [0.3, 0.4) is 0 Å². The van der Waals surface area contributed by atoms with Gasteiger partial charge in [0.2, 0.25) is 5.91 Å². The maximum absolute atomic E-state index is 13.1. The molecule has 0 radical (unpaired) electrons. The molecular formula is C22H17NO6S. The van der Waals surface area contributed by atoms with Crippen LogP contribution in [0.2, 0.25) is 0 Å². The van der Waals surface area contributed by atoms with E-state index in [2.05, 4.69) is 5.32 Å². The van der Waals surface area contributed by atoms with Crippen LogP contribution < -0.4 is 9.50 Å². The second-order valence-electron chi connectivity index (χ2n) is 6.97. The van der Waals surface area contributed by atoms with Crippen LogP contribution in [-0.4, -0.2) is 25.9 Å². The molecule has 0 heterocycles. The highest BCUT2D eigenvalue weighted by Crippen LogP contribution is 2.37. The predicted octanol–water partition coefficient (Wildman–Crippen LogP) is 3.15. The average Bonchev–Trinajstić information content (AvgIpc) is 2.72. The summed E-state index contributed by atoms with van der Waals surface area (Å²) in [4.78, 5) is 36.7. The second-order valence-corrected chi connectivity index (χ2v) is 8.49. The summed E-state index contributed by atoms with van der Waals surface area (Å²) in [6.45, 7) is 1.35. The summed E-state index contributed by atoms with van der Waals surface area (Å²) >= 11 is 0. The Kier molecular flexibility index (Phi) is 4.87. The van der Waals surface area contributed by atoms with Crippen molar-refractivity contribution in [2.45, 2.75) is 11.8 Å². The van der Waals surface area contributed by atoms with Gasteiger partial charge in [0.15, 0.2) is 11.6 Å². The van der Waals surface area contributed by atoms with Crippen molar-refractivity contribution < 1.29 is 27.0 Å². The summed E-state index contributed by atoms with van der Waals surface area (Å²) in [6.07, 6.45) is 6.63. The fraction of sp³-hybridized carbons (Fsp3) is 0.136. The number of allylic oxidation sites excluding steroid dienone is 4. The molecule has 1 amide bonds. The lowest BCUT2D eigenvalue weighted by Crippen LogP contribution is -2.36. The smallest absolute Gasteiger partial charge is 0.339 e. The first-order valence-corrected chi connectivity index (χ1v) is 10.6. The van der Waals surface area contributed by atoms with Gasteiger partial charge < -0.3 is 9.50 Å². The van der Waals surface area contributed by atoms with E-state index < -0.39 is 27.7 Å². The number of benzene rings is 2. The van der Waals surface area contributed by atoms with Gasteiger partial charge in [0, 0.05) is 18.2 Å². The van der Waals surface area contributed by atoms with Crippen LogP contribution in [-0.2, 0) is 14.9 Å². The number of ketones is 2. The zero-order chi connectivity index (χ0) is 21.5. The molecule has 0 fully saturated rings. The van der Waals surface area contributed by atoms with Gasteiger partial charge in [-0.2, -0.15) is 8.42 Å². The van der Waals surface area contributed by atoms with Crippen LogP contribution in [0, 0.1) is 11.8 Å². The number of anilines is 1. The lowest BCUT2D eigenvalue weighted by Gasteiger charge is -2.29. The van der Waals surface area contributed by atoms with Crippen LogP contribution in [0.5, 0.6) is 5.75 Å². The van der Waals surface area contributed by atoms with E-state index in [1.165, 1.54) is 49.4 Å². The zero-order valence-electron chi connectivity index (χ0n) is 15.9. The Hall–Kier alpha value is -3.52. The summed E-state index contributed by atoms with van der Waals surface area (Å²) in [5.74, 6) is -2.35. The monoisotopic (exact) mass is 423 g/mol. The minimum Gasteiger partial charge on any atom is -0.379 e. The third-order valence-corrected chi connectivity index (χ3v) is 6.22. The highest BCUT2D eigenvalue weighted by Gasteiger charge is 2.42. The quantitative estimate of drug-likeness (QED) is 0.757. The summed E-state index contributed by atoms with van der Waals surface area (Å²) in [5.41, 5.74) is 0.416. The normalized spacial score (nSPS) is 19.8. The number of hydrogen-bond acceptors (Lipinski definition) is 6. The SMILES string of the molecule is CC(=O)Nc1ccc(OS(=O)(=O)c2cccc3c2C(=O)[C@H]2C=CC=C[C@@H]2C3=O)cc1. The first-order chi connectivity index (χ1) is 14.3. The van der Waals surface area contributed by atoms with Gasteiger partial charge in [0.25, 0.3) is 0 Å². The molecule has 0 aliphatic heterocycles. The summed E-state index contributed by atoms with van der Waals surface area (Å²) < 4.78 is 31.1. The topological polar surface area (TPSA) is 107 Å². The summed E-state index contributed by atoms with van der Waals surface area (Å²) in [6, 6.07) is 9.89. The Labute approximate surface area is 173 Å². The molecule has 0 saturated heterocycles. The number of carbonyl (C=O) groups is 3. The number of nitrogens with one attached hydrogen (secondary N) is 1. The Morgan fingerprint density at radius 1 is 0.933 bits per heavy atom. The van der Waals surface area contributed by atoms with E-state index in [0.29, 0.717) is 5.69 Å². The maximum atomic E-state index is 13.1. The number of carbonyl (C=O) groups excluding carboxylic acids is 3. The largest absolute Gasteiger partial charge is 0.379 e. The lowest BCUT2D eigenvalue weighted by molar-refractivity contribution is -0.114. The van der Waals surface area contributed by atoms with Crippen molar-refractivity contribution in [2.75, 3.05) is 5.32 Å². The fourth-order valence-electron chi connectivity index (χ4n) is 3.62. The number of fused-ring (bicyclic) bond motifs is 2. The van der Waals surface area contributed by atoms with E-state index in [1.54, 1.807) is 24.3 Å². The van der Waals surface area contributed by atoms with Crippen molar-refractivity contribution in [3.63, 3.8) is 0 Å². The van der Waals surface area contributed by atoms with Crippen molar-refractivity contribution in [1.82, 2.24) is 0 Å². The van der Waals surface area contributed by atoms with Crippen LogP contribution >= 0.6 is 0 Å². The van der Waals surface area contributed by atoms with E-state index in [0.717, 1.165) is 0 Å². The molecule has 1 N–H and O–H groups in total. The van der Waals surface area contributed by atoms with E-state index in [4.69, 9.17) is 4.18 Å². The van der Waals surface area contributed by atoms with Gasteiger partial charge in [-0.05, 0) is 30.3 Å². The van der Waals surface area contributed by atoms with Gasteiger partial charge >= 0.3 is 10.1 Å². The fourth-order valence-corrected chi connectivity index (χ4v) is 4.78. The van der Waals surface area contributed by atoms with Gasteiger partial charge in [0.1, 0.15) is 10.6 Å². The average molecular weight is 423 g/mol. The Balaban J connectivity index is 1.71. The maximum Gasteiger partial charge on any atom is 0.339 e. The van der Waals surface area contributed by atoms with Gasteiger partial charge in [-0.3, -0.25) is 14.4 Å². The molecule has 0 spiro atoms. The van der Waals surface area contributed by atoms with Crippen molar-refractivity contribution in [3.05, 3.63) is 77.9 Å². The van der Waals surface area contributed by atoms with Gasteiger partial charge in [0.05, 0.1) is 17.4 Å². The van der Waals surface area contributed by atoms with Crippen LogP contribution in [0.4, 0.5) is 5.69 Å². The minimum atomic E-state index is -4.39. The third kappa shape index (κ3) is 3.46.